The minimum atomic E-state index is -4.37. The molecule has 1 N–H and O–H groups in total. The molecule has 0 fully saturated rings. The molecule has 0 aliphatic rings. The van der Waals surface area contributed by atoms with Gasteiger partial charge >= 0.3 is 6.18 Å². The summed E-state index contributed by atoms with van der Waals surface area (Å²) in [6, 6.07) is 28.9. The number of rotatable bonds is 9. The molecule has 5 aromatic rings. The van der Waals surface area contributed by atoms with Gasteiger partial charge in [0.25, 0.3) is 12.4 Å². The van der Waals surface area contributed by atoms with Crippen LogP contribution in [0.5, 0.6) is 5.75 Å². The number of carbonyl (C=O) groups is 2. The molecular weight excluding hydrogens is 569 g/mol. The Morgan fingerprint density at radius 2 is 1.50 bits per heavy atom. The zero-order chi connectivity index (χ0) is 31.5. The molecule has 0 unspecified atom stereocenters. The van der Waals surface area contributed by atoms with Crippen molar-refractivity contribution >= 4 is 23.2 Å². The number of hydrogen-bond acceptors (Lipinski definition) is 5. The second-order valence-corrected chi connectivity index (χ2v) is 9.92. The fourth-order valence-corrected chi connectivity index (χ4v) is 4.42. The summed E-state index contributed by atoms with van der Waals surface area (Å²) in [7, 11) is 1.31. The van der Waals surface area contributed by atoms with Crippen LogP contribution in [0, 0.1) is 6.92 Å². The lowest BCUT2D eigenvalue weighted by Crippen LogP contribution is -2.26. The fourth-order valence-electron chi connectivity index (χ4n) is 4.42. The third kappa shape index (κ3) is 8.67. The Morgan fingerprint density at radius 3 is 2.14 bits per heavy atom. The maximum atomic E-state index is 12.8. The topological polar surface area (TPSA) is 77.5 Å². The Labute approximate surface area is 253 Å². The van der Waals surface area contributed by atoms with E-state index in [-0.39, 0.29) is 12.5 Å². The summed E-state index contributed by atoms with van der Waals surface area (Å²) in [5.41, 5.74) is 4.55. The largest absolute Gasteiger partial charge is 0.489 e. The molecule has 1 aromatic heterocycles. The lowest BCUT2D eigenvalue weighted by molar-refractivity contribution is -0.137. The summed E-state index contributed by atoms with van der Waals surface area (Å²) >= 11 is 0. The lowest BCUT2D eigenvalue weighted by atomic mass is 10.0. The number of halogens is 3. The Bertz CT molecular complexity index is 1690. The number of carbonyl (C=O) groups excluding carboxylic acids is 2. The van der Waals surface area contributed by atoms with Crippen molar-refractivity contribution in [3.8, 4) is 16.9 Å². The van der Waals surface area contributed by atoms with Gasteiger partial charge in [0.2, 0.25) is 0 Å². The van der Waals surface area contributed by atoms with E-state index >= 15 is 0 Å². The van der Waals surface area contributed by atoms with Crippen LogP contribution in [0.2, 0.25) is 0 Å². The van der Waals surface area contributed by atoms with E-state index in [2.05, 4.69) is 51.4 Å². The Morgan fingerprint density at radius 1 is 0.864 bits per heavy atom. The first-order valence-corrected chi connectivity index (χ1v) is 13.8. The van der Waals surface area contributed by atoms with E-state index < -0.39 is 11.7 Å². The molecule has 0 spiro atoms. The van der Waals surface area contributed by atoms with Gasteiger partial charge in [0.05, 0.1) is 12.7 Å². The molecule has 0 bridgehead atoms. The Kier molecular flexibility index (Phi) is 10.7. The van der Waals surface area contributed by atoms with Gasteiger partial charge in [0, 0.05) is 18.1 Å². The average Bonchev–Trinajstić information content (AvgIpc) is 3.04. The van der Waals surface area contributed by atoms with Gasteiger partial charge in [-0.3, -0.25) is 14.6 Å². The van der Waals surface area contributed by atoms with Crippen molar-refractivity contribution in [3.05, 3.63) is 131 Å². The summed E-state index contributed by atoms with van der Waals surface area (Å²) in [6.07, 6.45) is -2.05. The van der Waals surface area contributed by atoms with Crippen LogP contribution in [0.25, 0.3) is 21.9 Å². The SMILES string of the molecule is COC=O.Cc1cc2cc(C(=O)NCCc3ccc(-c4ccccc4)cc3)ncc2cc1OCc1ccc(C(F)(F)F)cc1. The van der Waals surface area contributed by atoms with Crippen LogP contribution < -0.4 is 10.1 Å². The maximum absolute atomic E-state index is 12.8. The minimum absolute atomic E-state index is 0.132. The number of aryl methyl sites for hydroxylation is 1. The molecule has 0 radical (unpaired) electrons. The van der Waals surface area contributed by atoms with Gasteiger partial charge in [-0.15, -0.1) is 0 Å². The molecule has 9 heteroatoms. The summed E-state index contributed by atoms with van der Waals surface area (Å²) in [5.74, 6) is 0.354. The van der Waals surface area contributed by atoms with E-state index in [0.717, 1.165) is 45.2 Å². The molecular formula is C35H31F3N2O4. The standard InChI is InChI=1S/C33H27F3N2O2.C2H4O2/c1-22-17-27-18-30(32(39)37-16-15-23-7-11-26(12-8-23)25-5-3-2-4-6-25)38-20-28(27)19-31(22)40-21-24-9-13-29(14-10-24)33(34,35)36;1-4-2-3/h2-14,17-20H,15-16,21H2,1H3,(H,37,39);2H,1H3. The Balaban J connectivity index is 0.00000104. The number of nitrogens with zero attached hydrogens (tertiary/aromatic N) is 1. The van der Waals surface area contributed by atoms with Gasteiger partial charge in [0.1, 0.15) is 18.1 Å². The lowest BCUT2D eigenvalue weighted by Gasteiger charge is -2.12. The van der Waals surface area contributed by atoms with Crippen molar-refractivity contribution < 1.29 is 32.2 Å². The normalized spacial score (nSPS) is 10.8. The number of benzene rings is 4. The molecule has 6 nitrogen and oxygen atoms in total. The van der Waals surface area contributed by atoms with E-state index in [0.29, 0.717) is 36.4 Å². The molecule has 5 rings (SSSR count). The molecule has 0 aliphatic carbocycles. The number of fused-ring (bicyclic) bond motifs is 1. The van der Waals surface area contributed by atoms with E-state index in [1.807, 2.05) is 37.3 Å². The molecule has 0 atom stereocenters. The van der Waals surface area contributed by atoms with Crippen LogP contribution in [-0.2, 0) is 28.7 Å². The number of aromatic nitrogens is 1. The van der Waals surface area contributed by atoms with Crippen molar-refractivity contribution in [1.82, 2.24) is 10.3 Å². The molecule has 44 heavy (non-hydrogen) atoms. The van der Waals surface area contributed by atoms with Crippen molar-refractivity contribution in [1.29, 1.82) is 0 Å². The van der Waals surface area contributed by atoms with Gasteiger partial charge in [-0.05, 0) is 76.9 Å². The van der Waals surface area contributed by atoms with E-state index in [1.165, 1.54) is 19.2 Å². The first kappa shape index (κ1) is 31.7. The molecule has 0 saturated carbocycles. The zero-order valence-electron chi connectivity index (χ0n) is 24.2. The number of ether oxygens (including phenoxy) is 2. The highest BCUT2D eigenvalue weighted by Crippen LogP contribution is 2.30. The van der Waals surface area contributed by atoms with Crippen LogP contribution in [0.4, 0.5) is 13.2 Å². The predicted octanol–water partition coefficient (Wildman–Crippen LogP) is 7.57. The van der Waals surface area contributed by atoms with E-state index in [9.17, 15) is 18.0 Å². The predicted molar refractivity (Wildman–Crippen MR) is 163 cm³/mol. The van der Waals surface area contributed by atoms with Crippen molar-refractivity contribution in [2.45, 2.75) is 26.1 Å². The quantitative estimate of drug-likeness (QED) is 0.177. The number of pyridine rings is 1. The summed E-state index contributed by atoms with van der Waals surface area (Å²) < 4.78 is 48.1. The third-order valence-corrected chi connectivity index (χ3v) is 6.78. The molecule has 226 valence electrons. The zero-order valence-corrected chi connectivity index (χ0v) is 24.2. The monoisotopic (exact) mass is 600 g/mol. The van der Waals surface area contributed by atoms with E-state index in [1.54, 1.807) is 12.3 Å². The third-order valence-electron chi connectivity index (χ3n) is 6.78. The highest BCUT2D eigenvalue weighted by atomic mass is 19.4. The van der Waals surface area contributed by atoms with E-state index in [4.69, 9.17) is 9.53 Å². The van der Waals surface area contributed by atoms with Crippen LogP contribution in [-0.4, -0.2) is 31.0 Å². The summed E-state index contributed by atoms with van der Waals surface area (Å²) in [4.78, 5) is 26.0. The van der Waals surface area contributed by atoms with Crippen molar-refractivity contribution in [2.24, 2.45) is 0 Å². The second kappa shape index (κ2) is 14.8. The smallest absolute Gasteiger partial charge is 0.416 e. The number of hydrogen-bond donors (Lipinski definition) is 1. The van der Waals surface area contributed by atoms with Gasteiger partial charge in [-0.2, -0.15) is 13.2 Å². The summed E-state index contributed by atoms with van der Waals surface area (Å²) in [6.45, 7) is 2.87. The Hall–Kier alpha value is -5.18. The number of nitrogens with one attached hydrogen (secondary N) is 1. The fraction of sp³-hybridized carbons (Fsp3) is 0.171. The highest BCUT2D eigenvalue weighted by molar-refractivity contribution is 5.96. The molecule has 0 aliphatic heterocycles. The molecule has 0 saturated heterocycles. The van der Waals surface area contributed by atoms with Crippen LogP contribution >= 0.6 is 0 Å². The van der Waals surface area contributed by atoms with Crippen LogP contribution in [0.1, 0.15) is 32.7 Å². The number of amides is 1. The number of alkyl halides is 3. The van der Waals surface area contributed by atoms with Crippen LogP contribution in [0.3, 0.4) is 0 Å². The average molecular weight is 601 g/mol. The molecule has 4 aromatic carbocycles. The molecule has 1 heterocycles. The van der Waals surface area contributed by atoms with Gasteiger partial charge in [-0.1, -0.05) is 66.7 Å². The summed E-state index contributed by atoms with van der Waals surface area (Å²) in [5, 5.41) is 4.58. The maximum Gasteiger partial charge on any atom is 0.416 e. The molecule has 1 amide bonds. The first-order chi connectivity index (χ1) is 21.2. The first-order valence-electron chi connectivity index (χ1n) is 13.8. The second-order valence-electron chi connectivity index (χ2n) is 9.92. The van der Waals surface area contributed by atoms with Crippen LogP contribution in [0.15, 0.2) is 103 Å². The van der Waals surface area contributed by atoms with Crippen molar-refractivity contribution in [3.63, 3.8) is 0 Å². The van der Waals surface area contributed by atoms with Gasteiger partial charge in [-0.25, -0.2) is 0 Å². The van der Waals surface area contributed by atoms with Gasteiger partial charge in [0.15, 0.2) is 0 Å². The number of methoxy groups -OCH3 is 1. The van der Waals surface area contributed by atoms with Crippen molar-refractivity contribution in [2.75, 3.05) is 13.7 Å². The van der Waals surface area contributed by atoms with Gasteiger partial charge < -0.3 is 14.8 Å². The minimum Gasteiger partial charge on any atom is -0.489 e. The highest BCUT2D eigenvalue weighted by Gasteiger charge is 2.29.